The molecule has 1 heterocycles. The van der Waals surface area contributed by atoms with Crippen molar-refractivity contribution >= 4 is 11.9 Å². The lowest BCUT2D eigenvalue weighted by atomic mass is 9.61. The van der Waals surface area contributed by atoms with Crippen LogP contribution in [0.5, 0.6) is 0 Å². The topological polar surface area (TPSA) is 72.8 Å². The van der Waals surface area contributed by atoms with Crippen LogP contribution in [-0.2, 0) is 19.1 Å². The van der Waals surface area contributed by atoms with E-state index in [2.05, 4.69) is 12.7 Å². The molecule has 134 valence electrons. The van der Waals surface area contributed by atoms with Crippen LogP contribution in [0.25, 0.3) is 0 Å². The number of fused-ring (bicyclic) bond motifs is 6. The van der Waals surface area contributed by atoms with E-state index in [1.165, 1.54) is 12.7 Å². The summed E-state index contributed by atoms with van der Waals surface area (Å²) in [5.74, 6) is -0.889. The molecule has 1 saturated heterocycles. The van der Waals surface area contributed by atoms with Gasteiger partial charge in [-0.3, -0.25) is 9.59 Å². The Bertz CT molecular complexity index is 753. The van der Waals surface area contributed by atoms with E-state index >= 15 is 0 Å². The summed E-state index contributed by atoms with van der Waals surface area (Å²) in [6.45, 7) is 6.07. The summed E-state index contributed by atoms with van der Waals surface area (Å²) in [4.78, 5) is 25.6. The summed E-state index contributed by atoms with van der Waals surface area (Å²) < 4.78 is 10.8. The molecule has 1 spiro atoms. The molecule has 3 saturated carbocycles. The first kappa shape index (κ1) is 15.6. The lowest BCUT2D eigenvalue weighted by Crippen LogP contribution is -2.45. The van der Waals surface area contributed by atoms with E-state index < -0.39 is 16.9 Å². The van der Waals surface area contributed by atoms with Crippen molar-refractivity contribution in [1.29, 1.82) is 0 Å². The van der Waals surface area contributed by atoms with Gasteiger partial charge in [0.15, 0.2) is 0 Å². The molecule has 7 atom stereocenters. The Balaban J connectivity index is 1.73. The van der Waals surface area contributed by atoms with Gasteiger partial charge in [-0.1, -0.05) is 12.2 Å². The lowest BCUT2D eigenvalue weighted by molar-refractivity contribution is -0.158. The van der Waals surface area contributed by atoms with Crippen LogP contribution in [0.15, 0.2) is 23.8 Å². The number of esters is 2. The molecule has 1 aliphatic heterocycles. The first-order valence-electron chi connectivity index (χ1n) is 9.16. The summed E-state index contributed by atoms with van der Waals surface area (Å²) >= 11 is 0. The molecule has 4 fully saturated rings. The maximum Gasteiger partial charge on any atom is 0.313 e. The Kier molecular flexibility index (Phi) is 2.73. The van der Waals surface area contributed by atoms with Gasteiger partial charge in [0.05, 0.1) is 24.0 Å². The standard InChI is InChI=1S/C20H24O5/c1-10-7-19-9-20(10,23)5-4-13(19)12-6-11-8-18(2,17(22)25-11)14(12)15(19)16(21)24-3/h6,11,13-15,23H,1,4-5,7-9H2,2-3H3/t11-,13+,14-,15-,18-,19+,20+/m1/s1. The molecule has 0 unspecified atom stereocenters. The Labute approximate surface area is 147 Å². The fourth-order valence-corrected chi connectivity index (χ4v) is 6.98. The van der Waals surface area contributed by atoms with Gasteiger partial charge in [-0.05, 0) is 55.6 Å². The molecule has 0 amide bonds. The quantitative estimate of drug-likeness (QED) is 0.583. The van der Waals surface area contributed by atoms with Crippen molar-refractivity contribution < 1.29 is 24.2 Å². The molecule has 5 rings (SSSR count). The molecule has 5 heteroatoms. The molecule has 0 aromatic rings. The Morgan fingerprint density at radius 1 is 1.48 bits per heavy atom. The van der Waals surface area contributed by atoms with Crippen LogP contribution in [0, 0.1) is 28.6 Å². The van der Waals surface area contributed by atoms with E-state index in [9.17, 15) is 14.7 Å². The molecule has 1 N–H and O–H groups in total. The fraction of sp³-hybridized carbons (Fsp3) is 0.700. The van der Waals surface area contributed by atoms with Crippen molar-refractivity contribution in [2.45, 2.75) is 50.7 Å². The van der Waals surface area contributed by atoms with Gasteiger partial charge in [0.2, 0.25) is 0 Å². The first-order valence-corrected chi connectivity index (χ1v) is 9.16. The monoisotopic (exact) mass is 344 g/mol. The molecule has 5 nitrogen and oxygen atoms in total. The molecule has 5 aliphatic rings. The average Bonchev–Trinajstić information content (AvgIpc) is 3.04. The largest absolute Gasteiger partial charge is 0.469 e. The number of ether oxygens (including phenoxy) is 2. The fourth-order valence-electron chi connectivity index (χ4n) is 6.98. The summed E-state index contributed by atoms with van der Waals surface area (Å²) in [7, 11) is 1.41. The predicted molar refractivity (Wildman–Crippen MR) is 88.2 cm³/mol. The van der Waals surface area contributed by atoms with Gasteiger partial charge in [0.25, 0.3) is 0 Å². The average molecular weight is 344 g/mol. The maximum absolute atomic E-state index is 12.9. The zero-order valence-electron chi connectivity index (χ0n) is 14.7. The van der Waals surface area contributed by atoms with Crippen LogP contribution in [-0.4, -0.2) is 35.9 Å². The molecule has 25 heavy (non-hydrogen) atoms. The van der Waals surface area contributed by atoms with Crippen molar-refractivity contribution in [2.75, 3.05) is 7.11 Å². The zero-order valence-corrected chi connectivity index (χ0v) is 14.7. The Morgan fingerprint density at radius 3 is 2.96 bits per heavy atom. The van der Waals surface area contributed by atoms with Gasteiger partial charge in [-0.2, -0.15) is 0 Å². The van der Waals surface area contributed by atoms with Crippen LogP contribution in [0.1, 0.15) is 39.0 Å². The van der Waals surface area contributed by atoms with E-state index in [0.29, 0.717) is 25.7 Å². The Hall–Kier alpha value is -1.62. The van der Waals surface area contributed by atoms with E-state index in [1.807, 2.05) is 6.92 Å². The smallest absolute Gasteiger partial charge is 0.313 e. The van der Waals surface area contributed by atoms with Gasteiger partial charge >= 0.3 is 11.9 Å². The minimum absolute atomic E-state index is 0.178. The van der Waals surface area contributed by atoms with E-state index in [-0.39, 0.29) is 35.3 Å². The van der Waals surface area contributed by atoms with Crippen LogP contribution in [0.3, 0.4) is 0 Å². The van der Waals surface area contributed by atoms with E-state index in [4.69, 9.17) is 9.47 Å². The molecular formula is C20H24O5. The lowest BCUT2D eigenvalue weighted by Gasteiger charge is -2.42. The molecule has 0 radical (unpaired) electrons. The van der Waals surface area contributed by atoms with Gasteiger partial charge in [-0.25, -0.2) is 0 Å². The number of carbonyl (C=O) groups excluding carboxylic acids is 2. The highest BCUT2D eigenvalue weighted by Crippen LogP contribution is 2.74. The van der Waals surface area contributed by atoms with Gasteiger partial charge < -0.3 is 14.6 Å². The third-order valence-corrected chi connectivity index (χ3v) is 7.95. The molecule has 0 aromatic heterocycles. The summed E-state index contributed by atoms with van der Waals surface area (Å²) in [5.41, 5.74) is 0.0956. The highest BCUT2D eigenvalue weighted by molar-refractivity contribution is 5.85. The third-order valence-electron chi connectivity index (χ3n) is 7.95. The number of aliphatic hydroxyl groups is 1. The molecule has 0 aromatic carbocycles. The van der Waals surface area contributed by atoms with Crippen LogP contribution in [0.4, 0.5) is 0 Å². The van der Waals surface area contributed by atoms with E-state index in [0.717, 1.165) is 12.0 Å². The second-order valence-electron chi connectivity index (χ2n) is 9.02. The van der Waals surface area contributed by atoms with Crippen molar-refractivity contribution in [2.24, 2.45) is 28.6 Å². The zero-order chi connectivity index (χ0) is 17.8. The number of rotatable bonds is 1. The Morgan fingerprint density at radius 2 is 2.24 bits per heavy atom. The summed E-state index contributed by atoms with van der Waals surface area (Å²) in [5, 5.41) is 11.0. The van der Waals surface area contributed by atoms with Crippen LogP contribution in [0.2, 0.25) is 0 Å². The second-order valence-corrected chi connectivity index (χ2v) is 9.02. The minimum atomic E-state index is -0.878. The molecular weight excluding hydrogens is 320 g/mol. The number of hydrogen-bond acceptors (Lipinski definition) is 5. The van der Waals surface area contributed by atoms with Crippen molar-refractivity contribution in [3.05, 3.63) is 23.8 Å². The van der Waals surface area contributed by atoms with Crippen molar-refractivity contribution in [3.63, 3.8) is 0 Å². The van der Waals surface area contributed by atoms with Crippen LogP contribution < -0.4 is 0 Å². The number of methoxy groups -OCH3 is 1. The minimum Gasteiger partial charge on any atom is -0.469 e. The summed E-state index contributed by atoms with van der Waals surface area (Å²) in [6, 6.07) is 0. The van der Waals surface area contributed by atoms with Gasteiger partial charge in [0.1, 0.15) is 6.10 Å². The first-order chi connectivity index (χ1) is 11.7. The molecule has 4 bridgehead atoms. The van der Waals surface area contributed by atoms with Crippen molar-refractivity contribution in [3.8, 4) is 0 Å². The normalized spacial score (nSPS) is 52.4. The predicted octanol–water partition coefficient (Wildman–Crippen LogP) is 2.14. The van der Waals surface area contributed by atoms with Crippen molar-refractivity contribution in [1.82, 2.24) is 0 Å². The van der Waals surface area contributed by atoms with Crippen LogP contribution >= 0.6 is 0 Å². The number of hydrogen-bond donors (Lipinski definition) is 1. The summed E-state index contributed by atoms with van der Waals surface area (Å²) in [6.07, 6.45) is 5.22. The van der Waals surface area contributed by atoms with E-state index in [1.54, 1.807) is 0 Å². The highest BCUT2D eigenvalue weighted by atomic mass is 16.6. The number of allylic oxidation sites excluding steroid dienone is 1. The maximum atomic E-state index is 12.9. The third kappa shape index (κ3) is 1.59. The SMILES string of the molecule is C=C1C[C@]23C[C@@]1(O)CC[C@H]2C1=C[C@@H]2C[C@@](C)(C(=O)O2)[C@H]1[C@@H]3C(=O)OC. The number of carbonyl (C=O) groups is 2. The van der Waals surface area contributed by atoms with Gasteiger partial charge in [-0.15, -0.1) is 0 Å². The highest BCUT2D eigenvalue weighted by Gasteiger charge is 2.73. The second kappa shape index (κ2) is 4.37. The van der Waals surface area contributed by atoms with Gasteiger partial charge in [0, 0.05) is 12.3 Å². The molecule has 4 aliphatic carbocycles.